The zero-order valence-corrected chi connectivity index (χ0v) is 15.5. The highest BCUT2D eigenvalue weighted by Crippen LogP contribution is 2.27. The molecule has 25 heavy (non-hydrogen) atoms. The fraction of sp³-hybridized carbons (Fsp3) is 0.250. The molecule has 0 N–H and O–H groups in total. The molecule has 0 amide bonds. The maximum Gasteiger partial charge on any atom is 0.196 e. The van der Waals surface area contributed by atoms with Crippen LogP contribution in [0, 0.1) is 6.92 Å². The van der Waals surface area contributed by atoms with Crippen molar-refractivity contribution >= 4 is 26.9 Å². The number of halogens is 1. The third-order valence-corrected chi connectivity index (χ3v) is 4.17. The molecule has 1 aromatic heterocycles. The standard InChI is InChI=1S/C20H19BrO4/c1-14-19(22)17-13-16(24-12-11-23-10-9-21)7-8-18(17)25-20(14)15-5-3-2-4-6-15/h2-8,13H,9-12H2,1H3. The van der Waals surface area contributed by atoms with E-state index in [9.17, 15) is 4.79 Å². The predicted molar refractivity (Wildman–Crippen MR) is 103 cm³/mol. The van der Waals surface area contributed by atoms with Crippen LogP contribution >= 0.6 is 15.9 Å². The van der Waals surface area contributed by atoms with Crippen molar-refractivity contribution in [1.82, 2.24) is 0 Å². The summed E-state index contributed by atoms with van der Waals surface area (Å²) in [6, 6.07) is 15.0. The lowest BCUT2D eigenvalue weighted by molar-refractivity contribution is 0.112. The van der Waals surface area contributed by atoms with Crippen LogP contribution in [0.1, 0.15) is 5.56 Å². The number of ether oxygens (including phenoxy) is 2. The van der Waals surface area contributed by atoms with Crippen molar-refractivity contribution in [3.05, 3.63) is 64.3 Å². The van der Waals surface area contributed by atoms with Crippen molar-refractivity contribution in [2.24, 2.45) is 0 Å². The van der Waals surface area contributed by atoms with E-state index in [2.05, 4.69) is 15.9 Å². The molecule has 0 spiro atoms. The number of alkyl halides is 1. The Morgan fingerprint density at radius 2 is 1.84 bits per heavy atom. The van der Waals surface area contributed by atoms with Crippen LogP contribution in [0.4, 0.5) is 0 Å². The molecule has 0 unspecified atom stereocenters. The molecule has 0 aliphatic heterocycles. The van der Waals surface area contributed by atoms with E-state index >= 15 is 0 Å². The molecule has 0 aliphatic carbocycles. The molecule has 4 nitrogen and oxygen atoms in total. The van der Waals surface area contributed by atoms with Gasteiger partial charge in [-0.05, 0) is 25.1 Å². The van der Waals surface area contributed by atoms with E-state index < -0.39 is 0 Å². The zero-order valence-electron chi connectivity index (χ0n) is 14.0. The Morgan fingerprint density at radius 1 is 1.04 bits per heavy atom. The summed E-state index contributed by atoms with van der Waals surface area (Å²) in [4.78, 5) is 12.7. The summed E-state index contributed by atoms with van der Waals surface area (Å²) in [7, 11) is 0. The molecule has 0 fully saturated rings. The predicted octanol–water partition coefficient (Wildman–Crippen LogP) is 4.56. The molecule has 5 heteroatoms. The normalized spacial score (nSPS) is 11.0. The Labute approximate surface area is 154 Å². The van der Waals surface area contributed by atoms with E-state index in [4.69, 9.17) is 13.9 Å². The van der Waals surface area contributed by atoms with E-state index in [-0.39, 0.29) is 5.43 Å². The number of hydrogen-bond donors (Lipinski definition) is 0. The molecular formula is C20H19BrO4. The van der Waals surface area contributed by atoms with Crippen LogP contribution in [-0.2, 0) is 4.74 Å². The summed E-state index contributed by atoms with van der Waals surface area (Å²) >= 11 is 3.30. The lowest BCUT2D eigenvalue weighted by Crippen LogP contribution is -2.09. The zero-order chi connectivity index (χ0) is 17.6. The quantitative estimate of drug-likeness (QED) is 0.429. The van der Waals surface area contributed by atoms with Crippen molar-refractivity contribution < 1.29 is 13.9 Å². The van der Waals surface area contributed by atoms with E-state index in [0.29, 0.717) is 47.9 Å². The van der Waals surface area contributed by atoms with Gasteiger partial charge in [-0.3, -0.25) is 4.79 Å². The third kappa shape index (κ3) is 4.11. The minimum Gasteiger partial charge on any atom is -0.491 e. The molecule has 0 aliphatic rings. The summed E-state index contributed by atoms with van der Waals surface area (Å²) in [5.74, 6) is 1.24. The van der Waals surface area contributed by atoms with Crippen LogP contribution in [-0.4, -0.2) is 25.2 Å². The average Bonchev–Trinajstić information content (AvgIpc) is 2.65. The molecule has 1 heterocycles. The minimum absolute atomic E-state index is 0.0407. The van der Waals surface area contributed by atoms with Crippen LogP contribution in [0.3, 0.4) is 0 Å². The summed E-state index contributed by atoms with van der Waals surface area (Å²) in [5, 5.41) is 1.32. The topological polar surface area (TPSA) is 48.7 Å². The van der Waals surface area contributed by atoms with Gasteiger partial charge in [-0.1, -0.05) is 46.3 Å². The van der Waals surface area contributed by atoms with Crippen LogP contribution in [0.5, 0.6) is 5.75 Å². The van der Waals surface area contributed by atoms with Crippen molar-refractivity contribution in [2.75, 3.05) is 25.2 Å². The minimum atomic E-state index is -0.0407. The van der Waals surface area contributed by atoms with Crippen LogP contribution in [0.15, 0.2) is 57.7 Å². The summed E-state index contributed by atoms with van der Waals surface area (Å²) in [6.07, 6.45) is 0. The van der Waals surface area contributed by atoms with Crippen LogP contribution < -0.4 is 10.2 Å². The first-order chi connectivity index (χ1) is 12.2. The Hall–Kier alpha value is -2.11. The van der Waals surface area contributed by atoms with E-state index in [1.165, 1.54) is 0 Å². The van der Waals surface area contributed by atoms with E-state index in [0.717, 1.165) is 10.9 Å². The second-order valence-corrected chi connectivity index (χ2v) is 6.35. The maximum atomic E-state index is 12.7. The lowest BCUT2D eigenvalue weighted by Gasteiger charge is -2.09. The van der Waals surface area contributed by atoms with Gasteiger partial charge in [0.1, 0.15) is 23.7 Å². The Kier molecular flexibility index (Phi) is 5.89. The monoisotopic (exact) mass is 402 g/mol. The molecule has 0 radical (unpaired) electrons. The second-order valence-electron chi connectivity index (χ2n) is 5.56. The number of benzene rings is 2. The summed E-state index contributed by atoms with van der Waals surface area (Å²) in [6.45, 7) is 3.37. The summed E-state index contributed by atoms with van der Waals surface area (Å²) < 4.78 is 17.0. The van der Waals surface area contributed by atoms with E-state index in [1.807, 2.05) is 30.3 Å². The van der Waals surface area contributed by atoms with Crippen molar-refractivity contribution in [3.8, 4) is 17.1 Å². The third-order valence-electron chi connectivity index (χ3n) is 3.84. The molecule has 0 atom stereocenters. The first-order valence-corrected chi connectivity index (χ1v) is 9.22. The van der Waals surface area contributed by atoms with Crippen LogP contribution in [0.25, 0.3) is 22.3 Å². The first kappa shape index (κ1) is 17.7. The van der Waals surface area contributed by atoms with Gasteiger partial charge in [0.25, 0.3) is 0 Å². The maximum absolute atomic E-state index is 12.7. The summed E-state index contributed by atoms with van der Waals surface area (Å²) in [5.41, 5.74) is 2.00. The highest BCUT2D eigenvalue weighted by atomic mass is 79.9. The van der Waals surface area contributed by atoms with Crippen molar-refractivity contribution in [2.45, 2.75) is 6.92 Å². The Balaban J connectivity index is 1.88. The number of fused-ring (bicyclic) bond motifs is 1. The van der Waals surface area contributed by atoms with Gasteiger partial charge >= 0.3 is 0 Å². The van der Waals surface area contributed by atoms with Gasteiger partial charge in [0.2, 0.25) is 0 Å². The van der Waals surface area contributed by atoms with E-state index in [1.54, 1.807) is 25.1 Å². The average molecular weight is 403 g/mol. The fourth-order valence-electron chi connectivity index (χ4n) is 2.60. The molecule has 3 aromatic rings. The molecule has 2 aromatic carbocycles. The highest BCUT2D eigenvalue weighted by molar-refractivity contribution is 9.09. The Morgan fingerprint density at radius 3 is 2.60 bits per heavy atom. The van der Waals surface area contributed by atoms with Gasteiger partial charge in [0.05, 0.1) is 18.6 Å². The van der Waals surface area contributed by atoms with Crippen molar-refractivity contribution in [3.63, 3.8) is 0 Å². The molecule has 0 bridgehead atoms. The van der Waals surface area contributed by atoms with Crippen molar-refractivity contribution in [1.29, 1.82) is 0 Å². The fourth-order valence-corrected chi connectivity index (χ4v) is 2.83. The molecule has 3 rings (SSSR count). The van der Waals surface area contributed by atoms with Crippen LogP contribution in [0.2, 0.25) is 0 Å². The molecule has 0 saturated carbocycles. The van der Waals surface area contributed by atoms with Gasteiger partial charge in [-0.25, -0.2) is 0 Å². The smallest absolute Gasteiger partial charge is 0.196 e. The molecule has 0 saturated heterocycles. The number of rotatable bonds is 7. The van der Waals surface area contributed by atoms with Gasteiger partial charge in [0.15, 0.2) is 5.43 Å². The molecule has 130 valence electrons. The van der Waals surface area contributed by atoms with Gasteiger partial charge in [-0.15, -0.1) is 0 Å². The van der Waals surface area contributed by atoms with Gasteiger partial charge in [-0.2, -0.15) is 0 Å². The molecular weight excluding hydrogens is 384 g/mol. The van der Waals surface area contributed by atoms with Gasteiger partial charge < -0.3 is 13.9 Å². The van der Waals surface area contributed by atoms with Gasteiger partial charge in [0, 0.05) is 16.5 Å². The highest BCUT2D eigenvalue weighted by Gasteiger charge is 2.13. The lowest BCUT2D eigenvalue weighted by atomic mass is 10.1. The Bertz CT molecular complexity index is 903. The first-order valence-electron chi connectivity index (χ1n) is 8.10. The second kappa shape index (κ2) is 8.32. The SMILES string of the molecule is Cc1c(-c2ccccc2)oc2ccc(OCCOCCBr)cc2c1=O. The largest absolute Gasteiger partial charge is 0.491 e. The number of hydrogen-bond acceptors (Lipinski definition) is 4.